The second kappa shape index (κ2) is 5.80. The number of hydrogen-bond acceptors (Lipinski definition) is 5. The van der Waals surface area contributed by atoms with Crippen molar-refractivity contribution in [1.29, 1.82) is 0 Å². The molecule has 1 aromatic carbocycles. The third-order valence-electron chi connectivity index (χ3n) is 3.17. The molecule has 2 heterocycles. The molecule has 0 saturated carbocycles. The molecule has 0 bridgehead atoms. The van der Waals surface area contributed by atoms with E-state index in [1.807, 2.05) is 24.3 Å². The largest absolute Gasteiger partial charge is 0.492 e. The van der Waals surface area contributed by atoms with Gasteiger partial charge in [0.15, 0.2) is 11.2 Å². The first-order valence-electron chi connectivity index (χ1n) is 6.64. The fourth-order valence-corrected chi connectivity index (χ4v) is 2.07. The number of rotatable bonds is 5. The van der Waals surface area contributed by atoms with Crippen molar-refractivity contribution in [2.45, 2.75) is 13.1 Å². The Morgan fingerprint density at radius 2 is 2.05 bits per heavy atom. The van der Waals surface area contributed by atoms with Crippen LogP contribution in [-0.4, -0.2) is 16.2 Å². The number of fused-ring (bicyclic) bond motifs is 1. The number of pyridine rings is 1. The summed E-state index contributed by atoms with van der Waals surface area (Å²) in [5.74, 6) is 0.312. The molecule has 6 heteroatoms. The van der Waals surface area contributed by atoms with Gasteiger partial charge in [-0.05, 0) is 29.8 Å². The molecule has 0 amide bonds. The zero-order valence-electron chi connectivity index (χ0n) is 11.4. The molecule has 21 heavy (non-hydrogen) atoms. The highest BCUT2D eigenvalue weighted by atomic mass is 16.5. The van der Waals surface area contributed by atoms with Crippen LogP contribution in [0.15, 0.2) is 51.8 Å². The lowest BCUT2D eigenvalue weighted by molar-refractivity contribution is 0.294. The lowest BCUT2D eigenvalue weighted by Gasteiger charge is -2.07. The third kappa shape index (κ3) is 2.80. The molecule has 6 nitrogen and oxygen atoms in total. The molecule has 0 fully saturated rings. The highest BCUT2D eigenvalue weighted by Crippen LogP contribution is 2.12. The van der Waals surface area contributed by atoms with Gasteiger partial charge < -0.3 is 14.9 Å². The molecule has 2 N–H and O–H groups in total. The minimum absolute atomic E-state index is 0.354. The van der Waals surface area contributed by atoms with E-state index in [-0.39, 0.29) is 0 Å². The second-order valence-electron chi connectivity index (χ2n) is 4.54. The molecule has 0 spiro atoms. The number of aromatic nitrogens is 2. The number of nitrogens with zero attached hydrogens (tertiary/aromatic N) is 2. The van der Waals surface area contributed by atoms with E-state index in [0.717, 1.165) is 11.3 Å². The summed E-state index contributed by atoms with van der Waals surface area (Å²) >= 11 is 0. The monoisotopic (exact) mass is 285 g/mol. The first-order chi connectivity index (χ1) is 10.3. The van der Waals surface area contributed by atoms with E-state index in [2.05, 4.69) is 4.98 Å². The van der Waals surface area contributed by atoms with E-state index < -0.39 is 5.76 Å². The minimum atomic E-state index is -0.425. The summed E-state index contributed by atoms with van der Waals surface area (Å²) in [4.78, 5) is 15.9. The number of nitrogens with two attached hydrogens (primary N) is 1. The Hall–Kier alpha value is -2.60. The highest BCUT2D eigenvalue weighted by Gasteiger charge is 2.09. The van der Waals surface area contributed by atoms with E-state index in [1.54, 1.807) is 18.3 Å². The summed E-state index contributed by atoms with van der Waals surface area (Å²) in [6, 6.07) is 11.0. The number of benzene rings is 1. The molecule has 0 radical (unpaired) electrons. The van der Waals surface area contributed by atoms with Gasteiger partial charge in [-0.25, -0.2) is 9.78 Å². The fourth-order valence-electron chi connectivity index (χ4n) is 2.07. The first-order valence-corrected chi connectivity index (χ1v) is 6.64. The fraction of sp³-hybridized carbons (Fsp3) is 0.200. The third-order valence-corrected chi connectivity index (χ3v) is 3.17. The van der Waals surface area contributed by atoms with E-state index >= 15 is 0 Å². The molecular weight excluding hydrogens is 270 g/mol. The summed E-state index contributed by atoms with van der Waals surface area (Å²) in [6.07, 6.45) is 1.63. The number of ether oxygens (including phenoxy) is 1. The van der Waals surface area contributed by atoms with Crippen molar-refractivity contribution in [3.8, 4) is 5.75 Å². The predicted molar refractivity (Wildman–Crippen MR) is 78.1 cm³/mol. The molecule has 0 aliphatic heterocycles. The van der Waals surface area contributed by atoms with Crippen molar-refractivity contribution in [3.63, 3.8) is 0 Å². The predicted octanol–water partition coefficient (Wildman–Crippen LogP) is 1.53. The van der Waals surface area contributed by atoms with Gasteiger partial charge in [0.25, 0.3) is 0 Å². The Morgan fingerprint density at radius 3 is 2.81 bits per heavy atom. The van der Waals surface area contributed by atoms with Crippen LogP contribution >= 0.6 is 0 Å². The summed E-state index contributed by atoms with van der Waals surface area (Å²) in [5, 5.41) is 0. The molecule has 0 aliphatic rings. The van der Waals surface area contributed by atoms with Crippen molar-refractivity contribution in [1.82, 2.24) is 9.55 Å². The average molecular weight is 285 g/mol. The van der Waals surface area contributed by atoms with Crippen LogP contribution in [0.25, 0.3) is 11.2 Å². The Balaban J connectivity index is 1.69. The van der Waals surface area contributed by atoms with Crippen LogP contribution in [0, 0.1) is 0 Å². The quantitative estimate of drug-likeness (QED) is 0.768. The average Bonchev–Trinajstić information content (AvgIpc) is 2.84. The molecule has 0 aliphatic carbocycles. The van der Waals surface area contributed by atoms with Crippen molar-refractivity contribution in [2.24, 2.45) is 5.73 Å². The van der Waals surface area contributed by atoms with Crippen LogP contribution in [0.4, 0.5) is 0 Å². The van der Waals surface area contributed by atoms with Gasteiger partial charge >= 0.3 is 5.76 Å². The van der Waals surface area contributed by atoms with E-state index in [4.69, 9.17) is 14.9 Å². The van der Waals surface area contributed by atoms with Crippen LogP contribution in [0.2, 0.25) is 0 Å². The molecule has 0 unspecified atom stereocenters. The maximum Gasteiger partial charge on any atom is 0.421 e. The summed E-state index contributed by atoms with van der Waals surface area (Å²) in [5.41, 5.74) is 7.60. The van der Waals surface area contributed by atoms with Gasteiger partial charge in [-0.15, -0.1) is 0 Å². The van der Waals surface area contributed by atoms with Gasteiger partial charge in [-0.2, -0.15) is 0 Å². The maximum atomic E-state index is 11.8. The molecule has 0 atom stereocenters. The summed E-state index contributed by atoms with van der Waals surface area (Å²) in [6.45, 7) is 1.23. The normalized spacial score (nSPS) is 10.9. The lowest BCUT2D eigenvalue weighted by atomic mass is 10.2. The highest BCUT2D eigenvalue weighted by molar-refractivity contribution is 5.67. The van der Waals surface area contributed by atoms with Gasteiger partial charge in [0.1, 0.15) is 12.4 Å². The number of oxazole rings is 1. The Kier molecular flexibility index (Phi) is 3.70. The Morgan fingerprint density at radius 1 is 1.24 bits per heavy atom. The zero-order chi connectivity index (χ0) is 14.7. The zero-order valence-corrected chi connectivity index (χ0v) is 11.4. The van der Waals surface area contributed by atoms with E-state index in [0.29, 0.717) is 30.9 Å². The summed E-state index contributed by atoms with van der Waals surface area (Å²) in [7, 11) is 0. The maximum absolute atomic E-state index is 11.8. The van der Waals surface area contributed by atoms with Gasteiger partial charge in [0.05, 0.1) is 6.54 Å². The minimum Gasteiger partial charge on any atom is -0.492 e. The van der Waals surface area contributed by atoms with Crippen LogP contribution in [0.5, 0.6) is 5.75 Å². The topological polar surface area (TPSA) is 83.3 Å². The molecule has 2 aromatic heterocycles. The smallest absolute Gasteiger partial charge is 0.421 e. The van der Waals surface area contributed by atoms with Crippen molar-refractivity contribution in [3.05, 3.63) is 58.7 Å². The van der Waals surface area contributed by atoms with E-state index in [9.17, 15) is 4.79 Å². The first kappa shape index (κ1) is 13.4. The molecule has 0 saturated heterocycles. The van der Waals surface area contributed by atoms with Crippen LogP contribution in [0.3, 0.4) is 0 Å². The Bertz CT molecular complexity index is 790. The lowest BCUT2D eigenvalue weighted by Crippen LogP contribution is -2.19. The van der Waals surface area contributed by atoms with Crippen LogP contribution in [-0.2, 0) is 13.1 Å². The number of hydrogen-bond donors (Lipinski definition) is 1. The van der Waals surface area contributed by atoms with Crippen molar-refractivity contribution in [2.75, 3.05) is 6.61 Å². The van der Waals surface area contributed by atoms with Gasteiger partial charge in [0.2, 0.25) is 0 Å². The molecule has 3 rings (SSSR count). The van der Waals surface area contributed by atoms with Crippen molar-refractivity contribution >= 4 is 11.2 Å². The second-order valence-corrected chi connectivity index (χ2v) is 4.54. The SMILES string of the molecule is NCc1ccc(OCCn2c(=O)oc3cccnc32)cc1. The molecular formula is C15H15N3O3. The Labute approximate surface area is 120 Å². The van der Waals surface area contributed by atoms with Gasteiger partial charge in [0, 0.05) is 12.7 Å². The van der Waals surface area contributed by atoms with E-state index in [1.165, 1.54) is 4.57 Å². The van der Waals surface area contributed by atoms with Gasteiger partial charge in [-0.1, -0.05) is 12.1 Å². The van der Waals surface area contributed by atoms with Crippen molar-refractivity contribution < 1.29 is 9.15 Å². The van der Waals surface area contributed by atoms with Crippen LogP contribution in [0.1, 0.15) is 5.56 Å². The molecule has 3 aromatic rings. The molecule has 108 valence electrons. The summed E-state index contributed by atoms with van der Waals surface area (Å²) < 4.78 is 12.2. The standard InChI is InChI=1S/C15H15N3O3/c16-10-11-3-5-12(6-4-11)20-9-8-18-14-13(21-15(18)19)2-1-7-17-14/h1-7H,8-10,16H2. The van der Waals surface area contributed by atoms with Gasteiger partial charge in [-0.3, -0.25) is 4.57 Å². The van der Waals surface area contributed by atoms with Crippen LogP contribution < -0.4 is 16.2 Å².